The van der Waals surface area contributed by atoms with Crippen molar-refractivity contribution in [3.63, 3.8) is 0 Å². The van der Waals surface area contributed by atoms with Crippen molar-refractivity contribution in [1.82, 2.24) is 14.5 Å². The second-order valence-corrected chi connectivity index (χ2v) is 5.57. The average molecular weight is 328 g/mol. The number of nitrogens with one attached hydrogen (secondary N) is 1. The summed E-state index contributed by atoms with van der Waals surface area (Å²) in [7, 11) is 0. The lowest BCUT2D eigenvalue weighted by molar-refractivity contribution is 0.291. The van der Waals surface area contributed by atoms with E-state index in [9.17, 15) is 0 Å². The molecule has 0 aliphatic heterocycles. The van der Waals surface area contributed by atoms with Crippen LogP contribution in [0.3, 0.4) is 0 Å². The average Bonchev–Trinajstić information content (AvgIpc) is 2.66. The van der Waals surface area contributed by atoms with E-state index in [1.165, 1.54) is 5.52 Å². The lowest BCUT2D eigenvalue weighted by Gasteiger charge is -2.18. The molecular formula is C13H18BrN3S. The third kappa shape index (κ3) is 2.84. The van der Waals surface area contributed by atoms with Gasteiger partial charge in [0.2, 0.25) is 0 Å². The number of hydrogen-bond donors (Lipinski definition) is 1. The minimum atomic E-state index is 0.801. The Morgan fingerprint density at radius 1 is 1.33 bits per heavy atom. The number of aromatic nitrogens is 2. The molecule has 0 fully saturated rings. The summed E-state index contributed by atoms with van der Waals surface area (Å²) < 4.78 is 4.05. The topological polar surface area (TPSA) is 24.0 Å². The van der Waals surface area contributed by atoms with E-state index in [1.807, 2.05) is 0 Å². The van der Waals surface area contributed by atoms with Crippen molar-refractivity contribution in [2.45, 2.75) is 20.4 Å². The van der Waals surface area contributed by atoms with Crippen LogP contribution in [0.15, 0.2) is 22.7 Å². The standard InChI is InChI=1S/C13H18BrN3S/c1-3-16(4-2)7-8-17-12-6-5-10(14)9-11(12)15-13(17)18/h5-6,9H,3-4,7-8H2,1-2H3,(H,15,18). The second kappa shape index (κ2) is 5.99. The highest BCUT2D eigenvalue weighted by Gasteiger charge is 2.06. The van der Waals surface area contributed by atoms with E-state index in [0.717, 1.165) is 40.9 Å². The molecular weight excluding hydrogens is 310 g/mol. The minimum absolute atomic E-state index is 0.801. The normalized spacial score (nSPS) is 11.6. The second-order valence-electron chi connectivity index (χ2n) is 4.27. The number of likely N-dealkylation sites (N-methyl/N-ethyl adjacent to an activating group) is 1. The smallest absolute Gasteiger partial charge is 0.178 e. The van der Waals surface area contributed by atoms with Crippen LogP contribution in [0.2, 0.25) is 0 Å². The number of benzene rings is 1. The molecule has 0 bridgehead atoms. The number of rotatable bonds is 5. The van der Waals surface area contributed by atoms with Crippen LogP contribution in [0.1, 0.15) is 13.8 Å². The van der Waals surface area contributed by atoms with Crippen molar-refractivity contribution in [2.24, 2.45) is 0 Å². The van der Waals surface area contributed by atoms with E-state index in [0.29, 0.717) is 0 Å². The van der Waals surface area contributed by atoms with Gasteiger partial charge in [-0.25, -0.2) is 0 Å². The van der Waals surface area contributed by atoms with Gasteiger partial charge in [-0.15, -0.1) is 0 Å². The first kappa shape index (κ1) is 13.8. The summed E-state index contributed by atoms with van der Waals surface area (Å²) in [4.78, 5) is 5.66. The number of H-pyrrole nitrogens is 1. The molecule has 0 atom stereocenters. The first-order valence-corrected chi connectivity index (χ1v) is 7.46. The summed E-state index contributed by atoms with van der Waals surface area (Å²) in [6, 6.07) is 6.23. The van der Waals surface area contributed by atoms with Gasteiger partial charge in [0.1, 0.15) is 0 Å². The van der Waals surface area contributed by atoms with Gasteiger partial charge in [-0.3, -0.25) is 0 Å². The van der Waals surface area contributed by atoms with Crippen LogP contribution in [0.4, 0.5) is 0 Å². The van der Waals surface area contributed by atoms with Gasteiger partial charge in [0, 0.05) is 17.6 Å². The summed E-state index contributed by atoms with van der Waals surface area (Å²) in [5, 5.41) is 0. The molecule has 18 heavy (non-hydrogen) atoms. The van der Waals surface area contributed by atoms with Crippen molar-refractivity contribution in [2.75, 3.05) is 19.6 Å². The number of halogens is 1. The highest BCUT2D eigenvalue weighted by Crippen LogP contribution is 2.19. The van der Waals surface area contributed by atoms with Crippen LogP contribution >= 0.6 is 28.1 Å². The lowest BCUT2D eigenvalue weighted by Crippen LogP contribution is -2.27. The Labute approximate surface area is 121 Å². The molecule has 1 aromatic heterocycles. The number of imidazole rings is 1. The van der Waals surface area contributed by atoms with Gasteiger partial charge in [0.05, 0.1) is 11.0 Å². The lowest BCUT2D eigenvalue weighted by atomic mass is 10.3. The third-order valence-electron chi connectivity index (χ3n) is 3.27. The molecule has 0 amide bonds. The van der Waals surface area contributed by atoms with E-state index < -0.39 is 0 Å². The zero-order valence-corrected chi connectivity index (χ0v) is 13.1. The fourth-order valence-electron chi connectivity index (χ4n) is 2.14. The van der Waals surface area contributed by atoms with Crippen molar-refractivity contribution >= 4 is 39.2 Å². The van der Waals surface area contributed by atoms with Gasteiger partial charge in [-0.1, -0.05) is 29.8 Å². The zero-order valence-electron chi connectivity index (χ0n) is 10.7. The number of nitrogens with zero attached hydrogens (tertiary/aromatic N) is 2. The Kier molecular flexibility index (Phi) is 4.59. The number of fused-ring (bicyclic) bond motifs is 1. The predicted octanol–water partition coefficient (Wildman–Crippen LogP) is 3.80. The minimum Gasteiger partial charge on any atom is -0.331 e. The van der Waals surface area contributed by atoms with E-state index >= 15 is 0 Å². The SMILES string of the molecule is CCN(CC)CCn1c(=S)[nH]c2cc(Br)ccc21. The molecule has 0 spiro atoms. The molecule has 0 aliphatic rings. The van der Waals surface area contributed by atoms with Crippen LogP contribution < -0.4 is 0 Å². The van der Waals surface area contributed by atoms with Crippen molar-refractivity contribution < 1.29 is 0 Å². The highest BCUT2D eigenvalue weighted by atomic mass is 79.9. The maximum atomic E-state index is 5.39. The van der Waals surface area contributed by atoms with Crippen LogP contribution in [-0.4, -0.2) is 34.1 Å². The Bertz CT molecular complexity index is 583. The van der Waals surface area contributed by atoms with Gasteiger partial charge in [-0.2, -0.15) is 0 Å². The van der Waals surface area contributed by atoms with Crippen molar-refractivity contribution in [3.05, 3.63) is 27.4 Å². The third-order valence-corrected chi connectivity index (χ3v) is 4.09. The summed E-state index contributed by atoms with van der Waals surface area (Å²) in [6.07, 6.45) is 0. The molecule has 0 aliphatic carbocycles. The van der Waals surface area contributed by atoms with Gasteiger partial charge in [0.15, 0.2) is 4.77 Å². The molecule has 3 nitrogen and oxygen atoms in total. The summed E-state index contributed by atoms with van der Waals surface area (Å²) in [5.74, 6) is 0. The quantitative estimate of drug-likeness (QED) is 0.844. The zero-order chi connectivity index (χ0) is 13.1. The molecule has 1 N–H and O–H groups in total. The monoisotopic (exact) mass is 327 g/mol. The fraction of sp³-hybridized carbons (Fsp3) is 0.462. The van der Waals surface area contributed by atoms with Crippen LogP contribution in [0.25, 0.3) is 11.0 Å². The maximum Gasteiger partial charge on any atom is 0.178 e. The summed E-state index contributed by atoms with van der Waals surface area (Å²) in [6.45, 7) is 8.51. The Balaban J connectivity index is 2.28. The summed E-state index contributed by atoms with van der Waals surface area (Å²) in [5.41, 5.74) is 2.27. The predicted molar refractivity (Wildman–Crippen MR) is 82.6 cm³/mol. The molecule has 98 valence electrons. The van der Waals surface area contributed by atoms with Crippen LogP contribution in [0, 0.1) is 4.77 Å². The highest BCUT2D eigenvalue weighted by molar-refractivity contribution is 9.10. The Morgan fingerprint density at radius 3 is 2.72 bits per heavy atom. The maximum absolute atomic E-state index is 5.39. The first-order chi connectivity index (χ1) is 8.65. The van der Waals surface area contributed by atoms with Gasteiger partial charge >= 0.3 is 0 Å². The molecule has 0 unspecified atom stereocenters. The van der Waals surface area contributed by atoms with E-state index in [-0.39, 0.29) is 0 Å². The first-order valence-electron chi connectivity index (χ1n) is 6.26. The molecule has 5 heteroatoms. The van der Waals surface area contributed by atoms with Gasteiger partial charge < -0.3 is 14.5 Å². The van der Waals surface area contributed by atoms with Crippen molar-refractivity contribution in [1.29, 1.82) is 0 Å². The molecule has 2 rings (SSSR count). The van der Waals surface area contributed by atoms with E-state index in [2.05, 4.69) is 62.4 Å². The van der Waals surface area contributed by atoms with E-state index in [1.54, 1.807) is 0 Å². The Hall–Kier alpha value is -0.650. The summed E-state index contributed by atoms with van der Waals surface area (Å²) >= 11 is 8.87. The fourth-order valence-corrected chi connectivity index (χ4v) is 2.80. The molecule has 1 heterocycles. The van der Waals surface area contributed by atoms with Crippen molar-refractivity contribution in [3.8, 4) is 0 Å². The largest absolute Gasteiger partial charge is 0.331 e. The van der Waals surface area contributed by atoms with E-state index in [4.69, 9.17) is 12.2 Å². The molecule has 2 aromatic rings. The number of aromatic amines is 1. The molecule has 0 saturated carbocycles. The molecule has 1 aromatic carbocycles. The molecule has 0 saturated heterocycles. The number of hydrogen-bond acceptors (Lipinski definition) is 2. The Morgan fingerprint density at radius 2 is 2.06 bits per heavy atom. The van der Waals surface area contributed by atoms with Crippen LogP contribution in [0.5, 0.6) is 0 Å². The van der Waals surface area contributed by atoms with Crippen LogP contribution in [-0.2, 0) is 6.54 Å². The molecule has 0 radical (unpaired) electrons. The van der Waals surface area contributed by atoms with Gasteiger partial charge in [-0.05, 0) is 43.5 Å². The van der Waals surface area contributed by atoms with Gasteiger partial charge in [0.25, 0.3) is 0 Å².